The van der Waals surface area contributed by atoms with Crippen molar-refractivity contribution in [1.82, 2.24) is 0 Å². The molecule has 1 aliphatic rings. The van der Waals surface area contributed by atoms with Crippen LogP contribution in [-0.4, -0.2) is 10.9 Å². The highest BCUT2D eigenvalue weighted by molar-refractivity contribution is 5.84. The van der Waals surface area contributed by atoms with Crippen LogP contribution in [0, 0.1) is 11.8 Å². The molecule has 0 unspecified atom stereocenters. The molecule has 0 saturated heterocycles. The summed E-state index contributed by atoms with van der Waals surface area (Å²) in [6.07, 6.45) is 2.20. The number of hydrogen-bond donors (Lipinski definition) is 1. The molecule has 1 saturated carbocycles. The second-order valence-electron chi connectivity index (χ2n) is 4.70. The van der Waals surface area contributed by atoms with E-state index in [0.29, 0.717) is 0 Å². The first kappa shape index (κ1) is 11.3. The van der Waals surface area contributed by atoms with Gasteiger partial charge in [0.1, 0.15) is 5.78 Å². The van der Waals surface area contributed by atoms with E-state index in [1.807, 2.05) is 37.3 Å². The molecule has 1 aromatic carbocycles. The van der Waals surface area contributed by atoms with Crippen LogP contribution in [0.15, 0.2) is 30.3 Å². The third kappa shape index (κ3) is 2.17. The van der Waals surface area contributed by atoms with E-state index >= 15 is 0 Å². The normalized spacial score (nSPS) is 27.8. The van der Waals surface area contributed by atoms with Crippen molar-refractivity contribution in [3.05, 3.63) is 35.9 Å². The summed E-state index contributed by atoms with van der Waals surface area (Å²) in [7, 11) is 0. The van der Waals surface area contributed by atoms with Crippen molar-refractivity contribution >= 4 is 5.78 Å². The average Bonchev–Trinajstić information content (AvgIpc) is 2.33. The van der Waals surface area contributed by atoms with Gasteiger partial charge in [-0.05, 0) is 18.4 Å². The predicted octanol–water partition coefficient (Wildman–Crippen LogP) is 2.73. The number of benzene rings is 1. The minimum atomic E-state index is -0.628. The molecule has 0 aliphatic heterocycles. The summed E-state index contributed by atoms with van der Waals surface area (Å²) >= 11 is 0. The molecular formula is C14H18O2. The first-order valence-corrected chi connectivity index (χ1v) is 5.97. The van der Waals surface area contributed by atoms with E-state index in [1.54, 1.807) is 0 Å². The fraction of sp³-hybridized carbons (Fsp3) is 0.500. The molecule has 2 nitrogen and oxygen atoms in total. The largest absolute Gasteiger partial charge is 0.388 e. The number of carbonyl (C=O) groups excluding carboxylic acids is 1. The van der Waals surface area contributed by atoms with E-state index in [1.165, 1.54) is 0 Å². The molecule has 3 atom stereocenters. The summed E-state index contributed by atoms with van der Waals surface area (Å²) in [5.41, 5.74) is 0.856. The molecule has 1 aromatic rings. The molecule has 0 radical (unpaired) electrons. The molecule has 2 heteroatoms. The Kier molecular flexibility index (Phi) is 3.39. The molecule has 0 bridgehead atoms. The Morgan fingerprint density at radius 3 is 2.62 bits per heavy atom. The Balaban J connectivity index is 2.15. The summed E-state index contributed by atoms with van der Waals surface area (Å²) in [4.78, 5) is 12.0. The average molecular weight is 218 g/mol. The Hall–Kier alpha value is -1.15. The van der Waals surface area contributed by atoms with Crippen LogP contribution >= 0.6 is 0 Å². The number of hydrogen-bond acceptors (Lipinski definition) is 2. The van der Waals surface area contributed by atoms with Gasteiger partial charge < -0.3 is 5.11 Å². The second-order valence-corrected chi connectivity index (χ2v) is 4.70. The van der Waals surface area contributed by atoms with Crippen molar-refractivity contribution < 1.29 is 9.90 Å². The molecule has 16 heavy (non-hydrogen) atoms. The van der Waals surface area contributed by atoms with Crippen molar-refractivity contribution in [2.24, 2.45) is 11.8 Å². The van der Waals surface area contributed by atoms with Crippen molar-refractivity contribution in [1.29, 1.82) is 0 Å². The van der Waals surface area contributed by atoms with Gasteiger partial charge in [0, 0.05) is 11.8 Å². The maximum Gasteiger partial charge on any atom is 0.141 e. The topological polar surface area (TPSA) is 37.3 Å². The van der Waals surface area contributed by atoms with Crippen LogP contribution in [0.2, 0.25) is 0 Å². The van der Waals surface area contributed by atoms with Crippen LogP contribution in [0.1, 0.15) is 37.9 Å². The second kappa shape index (κ2) is 4.79. The lowest BCUT2D eigenvalue weighted by Crippen LogP contribution is -2.31. The highest BCUT2D eigenvalue weighted by Gasteiger charge is 2.33. The highest BCUT2D eigenvalue weighted by atomic mass is 16.3. The molecule has 1 N–H and O–H groups in total. The van der Waals surface area contributed by atoms with Gasteiger partial charge in [0.05, 0.1) is 6.10 Å². The van der Waals surface area contributed by atoms with Gasteiger partial charge in [-0.25, -0.2) is 0 Å². The van der Waals surface area contributed by atoms with Crippen molar-refractivity contribution in [3.63, 3.8) is 0 Å². The lowest BCUT2D eigenvalue weighted by molar-refractivity contribution is -0.132. The van der Waals surface area contributed by atoms with Gasteiger partial charge in [-0.1, -0.05) is 43.7 Å². The van der Waals surface area contributed by atoms with E-state index in [2.05, 4.69) is 0 Å². The first-order valence-electron chi connectivity index (χ1n) is 5.97. The molecular weight excluding hydrogens is 200 g/mol. The van der Waals surface area contributed by atoms with Crippen LogP contribution in [-0.2, 0) is 4.79 Å². The van der Waals surface area contributed by atoms with Crippen LogP contribution in [0.25, 0.3) is 0 Å². The van der Waals surface area contributed by atoms with Crippen LogP contribution in [0.4, 0.5) is 0 Å². The van der Waals surface area contributed by atoms with Gasteiger partial charge in [-0.15, -0.1) is 0 Å². The Bertz CT molecular complexity index is 358. The van der Waals surface area contributed by atoms with Crippen LogP contribution in [0.5, 0.6) is 0 Å². The summed E-state index contributed by atoms with van der Waals surface area (Å²) in [6.45, 7) is 1.96. The van der Waals surface area contributed by atoms with E-state index in [9.17, 15) is 9.90 Å². The van der Waals surface area contributed by atoms with Crippen LogP contribution < -0.4 is 0 Å². The number of aliphatic hydroxyl groups excluding tert-OH is 1. The Morgan fingerprint density at radius 1 is 1.25 bits per heavy atom. The minimum absolute atomic E-state index is 0.108. The lowest BCUT2D eigenvalue weighted by atomic mass is 9.77. The molecule has 0 heterocycles. The summed E-state index contributed by atoms with van der Waals surface area (Å²) < 4.78 is 0. The molecule has 86 valence electrons. The third-order valence-electron chi connectivity index (χ3n) is 3.53. The summed E-state index contributed by atoms with van der Waals surface area (Å²) in [6, 6.07) is 9.49. The smallest absolute Gasteiger partial charge is 0.141 e. The van der Waals surface area contributed by atoms with Crippen LogP contribution in [0.3, 0.4) is 0 Å². The molecule has 2 rings (SSSR count). The number of ketones is 1. The van der Waals surface area contributed by atoms with E-state index < -0.39 is 6.10 Å². The van der Waals surface area contributed by atoms with Gasteiger partial charge in [0.15, 0.2) is 0 Å². The highest BCUT2D eigenvalue weighted by Crippen LogP contribution is 2.34. The van der Waals surface area contributed by atoms with Gasteiger partial charge in [-0.3, -0.25) is 4.79 Å². The molecule has 0 spiro atoms. The standard InChI is InChI=1S/C14H18O2/c1-10-6-5-9-12(13(10)15)14(16)11-7-3-2-4-8-11/h2-4,7-8,10,12,14,16H,5-6,9H2,1H3/t10-,12+,14-/m1/s1. The van der Waals surface area contributed by atoms with Gasteiger partial charge >= 0.3 is 0 Å². The number of Topliss-reactive ketones (excluding diaryl/α,β-unsaturated/α-hetero) is 1. The summed E-state index contributed by atoms with van der Waals surface area (Å²) in [5, 5.41) is 10.2. The lowest BCUT2D eigenvalue weighted by Gasteiger charge is -2.29. The van der Waals surface area contributed by atoms with Gasteiger partial charge in [0.2, 0.25) is 0 Å². The fourth-order valence-electron chi connectivity index (χ4n) is 2.49. The van der Waals surface area contributed by atoms with Crippen molar-refractivity contribution in [3.8, 4) is 0 Å². The van der Waals surface area contributed by atoms with E-state index in [0.717, 1.165) is 24.8 Å². The van der Waals surface area contributed by atoms with Gasteiger partial charge in [0.25, 0.3) is 0 Å². The first-order chi connectivity index (χ1) is 7.70. The molecule has 0 amide bonds. The molecule has 1 fully saturated rings. The summed E-state index contributed by atoms with van der Waals surface area (Å²) in [5.74, 6) is 0.130. The number of carbonyl (C=O) groups is 1. The Labute approximate surface area is 96.3 Å². The maximum absolute atomic E-state index is 12.0. The molecule has 1 aliphatic carbocycles. The zero-order valence-electron chi connectivity index (χ0n) is 9.60. The van der Waals surface area contributed by atoms with Gasteiger partial charge in [-0.2, -0.15) is 0 Å². The maximum atomic E-state index is 12.0. The SMILES string of the molecule is C[C@@H]1CCC[C@H]([C@H](O)c2ccccc2)C1=O. The zero-order valence-corrected chi connectivity index (χ0v) is 9.60. The van der Waals surface area contributed by atoms with Crippen molar-refractivity contribution in [2.45, 2.75) is 32.3 Å². The number of rotatable bonds is 2. The van der Waals surface area contributed by atoms with Crippen molar-refractivity contribution in [2.75, 3.05) is 0 Å². The van der Waals surface area contributed by atoms with E-state index in [-0.39, 0.29) is 17.6 Å². The monoisotopic (exact) mass is 218 g/mol. The predicted molar refractivity (Wildman–Crippen MR) is 62.9 cm³/mol. The third-order valence-corrected chi connectivity index (χ3v) is 3.53. The number of aliphatic hydroxyl groups is 1. The zero-order chi connectivity index (χ0) is 11.5. The van der Waals surface area contributed by atoms with E-state index in [4.69, 9.17) is 0 Å². The molecule has 0 aromatic heterocycles. The fourth-order valence-corrected chi connectivity index (χ4v) is 2.49. The quantitative estimate of drug-likeness (QED) is 0.828. The Morgan fingerprint density at radius 2 is 1.94 bits per heavy atom. The minimum Gasteiger partial charge on any atom is -0.388 e.